The average molecular weight is 632 g/mol. The van der Waals surface area contributed by atoms with Gasteiger partial charge < -0.3 is 21.5 Å². The van der Waals surface area contributed by atoms with Crippen LogP contribution in [0.15, 0.2) is 59.6 Å². The zero-order valence-electron chi connectivity index (χ0n) is 20.8. The molecule has 2 amide bonds. The molecular formula is C25H22Cl2F3N5O5S. The summed E-state index contributed by atoms with van der Waals surface area (Å²) in [5.41, 5.74) is 4.50. The zero-order chi connectivity index (χ0) is 30.1. The second-order valence-corrected chi connectivity index (χ2v) is 11.7. The van der Waals surface area contributed by atoms with Gasteiger partial charge in [-0.15, -0.1) is 0 Å². The highest BCUT2D eigenvalue weighted by Gasteiger charge is 2.37. The maximum atomic E-state index is 13.7. The van der Waals surface area contributed by atoms with Crippen LogP contribution in [-0.4, -0.2) is 55.6 Å². The maximum Gasteiger partial charge on any atom is 0.416 e. The normalized spacial score (nSPS) is 16.1. The summed E-state index contributed by atoms with van der Waals surface area (Å²) in [7, 11) is -4.66. The Balaban J connectivity index is 1.75. The third-order valence-electron chi connectivity index (χ3n) is 6.12. The largest absolute Gasteiger partial charge is 0.416 e. The molecule has 4 rings (SSSR count). The summed E-state index contributed by atoms with van der Waals surface area (Å²) >= 11 is 12.2. The second kappa shape index (κ2) is 11.8. The number of aliphatic hydroxyl groups is 1. The molecule has 1 aromatic heterocycles. The lowest BCUT2D eigenvalue weighted by molar-refractivity contribution is -0.137. The number of nitrogens with zero attached hydrogens (tertiary/aromatic N) is 2. The first-order chi connectivity index (χ1) is 19.2. The third kappa shape index (κ3) is 6.57. The van der Waals surface area contributed by atoms with Gasteiger partial charge in [-0.2, -0.15) is 13.2 Å². The number of hydrogen-bond donors (Lipinski definition) is 4. The number of halogens is 5. The van der Waals surface area contributed by atoms with Gasteiger partial charge in [-0.1, -0.05) is 35.3 Å². The van der Waals surface area contributed by atoms with Crippen molar-refractivity contribution in [2.75, 3.05) is 22.8 Å². The molecule has 2 aromatic carbocycles. The zero-order valence-corrected chi connectivity index (χ0v) is 23.2. The van der Waals surface area contributed by atoms with Crippen LogP contribution in [0.1, 0.15) is 21.6 Å². The molecule has 2 heterocycles. The molecule has 16 heteroatoms. The Morgan fingerprint density at radius 2 is 1.80 bits per heavy atom. The highest BCUT2D eigenvalue weighted by Crippen LogP contribution is 2.36. The van der Waals surface area contributed by atoms with Crippen LogP contribution in [0.3, 0.4) is 0 Å². The van der Waals surface area contributed by atoms with Crippen LogP contribution in [0.4, 0.5) is 24.5 Å². The van der Waals surface area contributed by atoms with Gasteiger partial charge in [-0.25, -0.2) is 8.42 Å². The Morgan fingerprint density at radius 3 is 2.44 bits per heavy atom. The number of nitrogens with one attached hydrogen (secondary N) is 2. The quantitative estimate of drug-likeness (QED) is 0.312. The van der Waals surface area contributed by atoms with Crippen LogP contribution in [0, 0.1) is 0 Å². The third-order valence-corrected chi connectivity index (χ3v) is 8.52. The highest BCUT2D eigenvalue weighted by atomic mass is 35.5. The highest BCUT2D eigenvalue weighted by molar-refractivity contribution is 7.92. The molecule has 1 aliphatic rings. The Hall–Kier alpha value is -3.43. The van der Waals surface area contributed by atoms with Crippen LogP contribution >= 0.6 is 23.2 Å². The molecule has 0 fully saturated rings. The molecule has 0 aliphatic carbocycles. The Labute approximate surface area is 242 Å². The molecule has 1 aliphatic heterocycles. The maximum absolute atomic E-state index is 13.7. The number of carbonyl (C=O) groups is 2. The molecule has 3 aromatic rings. The van der Waals surface area contributed by atoms with E-state index < -0.39 is 63.7 Å². The van der Waals surface area contributed by atoms with Crippen molar-refractivity contribution < 1.29 is 36.3 Å². The van der Waals surface area contributed by atoms with Crippen LogP contribution in [-0.2, 0) is 27.4 Å². The fourth-order valence-electron chi connectivity index (χ4n) is 4.10. The number of aliphatic hydroxyl groups excluding tert-OH is 1. The second-order valence-electron chi connectivity index (χ2n) is 9.00. The molecule has 0 saturated carbocycles. The number of alkyl halides is 3. The van der Waals surface area contributed by atoms with Crippen LogP contribution in [0.5, 0.6) is 0 Å². The number of hydrogen-bond acceptors (Lipinski definition) is 7. The fourth-order valence-corrected chi connectivity index (χ4v) is 6.25. The number of pyridine rings is 1. The number of amides is 2. The molecule has 10 nitrogen and oxygen atoms in total. The molecule has 5 N–H and O–H groups in total. The van der Waals surface area contributed by atoms with Gasteiger partial charge in [-0.3, -0.25) is 18.9 Å². The van der Waals surface area contributed by atoms with Crippen molar-refractivity contribution in [3.05, 3.63) is 81.6 Å². The molecule has 2 unspecified atom stereocenters. The van der Waals surface area contributed by atoms with Gasteiger partial charge in [0.25, 0.3) is 15.9 Å². The smallest absolute Gasteiger partial charge is 0.394 e. The van der Waals surface area contributed by atoms with Gasteiger partial charge >= 0.3 is 6.18 Å². The minimum absolute atomic E-state index is 0.0123. The van der Waals surface area contributed by atoms with E-state index in [2.05, 4.69) is 15.6 Å². The number of rotatable bonds is 7. The molecule has 41 heavy (non-hydrogen) atoms. The standard InChI is InChI=1S/C25H22Cl2F3N5O5S/c26-17-5-2-6-18(27)22(17)24(38)33-14-9-21-20(32-10-14)8-15(34-23(37)19(31)12-36)11-35(21)41(39,40)16-4-1-3-13(7-16)25(28,29)30/h1-7,9-10,15,19,36H,8,11-12,31H2,(H,33,38)(H,34,37). The minimum atomic E-state index is -4.80. The van der Waals surface area contributed by atoms with E-state index in [-0.39, 0.29) is 39.1 Å². The Kier molecular flexibility index (Phi) is 8.80. The SMILES string of the molecule is NC(CO)C(=O)NC1Cc2ncc(NC(=O)c3c(Cl)cccc3Cl)cc2N(S(=O)(=O)c2cccc(C(F)(F)F)c2)C1. The van der Waals surface area contributed by atoms with Crippen molar-refractivity contribution in [1.82, 2.24) is 10.3 Å². The lowest BCUT2D eigenvalue weighted by Gasteiger charge is -2.35. The van der Waals surface area contributed by atoms with Crippen molar-refractivity contribution in [2.45, 2.75) is 29.6 Å². The Morgan fingerprint density at radius 1 is 1.15 bits per heavy atom. The predicted molar refractivity (Wildman–Crippen MR) is 145 cm³/mol. The predicted octanol–water partition coefficient (Wildman–Crippen LogP) is 3.22. The van der Waals surface area contributed by atoms with E-state index in [0.717, 1.165) is 22.5 Å². The van der Waals surface area contributed by atoms with E-state index in [4.69, 9.17) is 28.9 Å². The van der Waals surface area contributed by atoms with Crippen molar-refractivity contribution in [2.24, 2.45) is 5.73 Å². The van der Waals surface area contributed by atoms with Gasteiger partial charge in [0.05, 0.1) is 68.5 Å². The van der Waals surface area contributed by atoms with Crippen LogP contribution < -0.4 is 20.7 Å². The van der Waals surface area contributed by atoms with Gasteiger partial charge in [0.2, 0.25) is 5.91 Å². The number of sulfonamides is 1. The summed E-state index contributed by atoms with van der Waals surface area (Å²) in [6, 6.07) is 6.75. The van der Waals surface area contributed by atoms with E-state index in [1.807, 2.05) is 0 Å². The lowest BCUT2D eigenvalue weighted by Crippen LogP contribution is -2.54. The van der Waals surface area contributed by atoms with Crippen molar-refractivity contribution >= 4 is 56.4 Å². The number of fused-ring (bicyclic) bond motifs is 1. The van der Waals surface area contributed by atoms with Gasteiger partial charge in [0.1, 0.15) is 6.04 Å². The molecule has 0 radical (unpaired) electrons. The summed E-state index contributed by atoms with van der Waals surface area (Å²) in [6.07, 6.45) is -3.56. The van der Waals surface area contributed by atoms with Gasteiger partial charge in [0.15, 0.2) is 0 Å². The van der Waals surface area contributed by atoms with Crippen LogP contribution in [0.25, 0.3) is 0 Å². The van der Waals surface area contributed by atoms with Crippen LogP contribution in [0.2, 0.25) is 10.0 Å². The molecular weight excluding hydrogens is 610 g/mol. The summed E-state index contributed by atoms with van der Waals surface area (Å²) in [6.45, 7) is -1.08. The lowest BCUT2D eigenvalue weighted by atomic mass is 10.0. The molecule has 0 bridgehead atoms. The van der Waals surface area contributed by atoms with E-state index >= 15 is 0 Å². The molecule has 218 valence electrons. The summed E-state index contributed by atoms with van der Waals surface area (Å²) in [5.74, 6) is -1.48. The minimum Gasteiger partial charge on any atom is -0.394 e. The van der Waals surface area contributed by atoms with Crippen molar-refractivity contribution in [3.63, 3.8) is 0 Å². The number of nitrogens with two attached hydrogens (primary N) is 1. The van der Waals surface area contributed by atoms with Gasteiger partial charge in [-0.05, 0) is 36.4 Å². The topological polar surface area (TPSA) is 155 Å². The van der Waals surface area contributed by atoms with Gasteiger partial charge in [0, 0.05) is 6.42 Å². The number of benzene rings is 2. The van der Waals surface area contributed by atoms with Crippen molar-refractivity contribution in [3.8, 4) is 0 Å². The number of carbonyl (C=O) groups excluding carboxylic acids is 2. The number of aromatic nitrogens is 1. The monoisotopic (exact) mass is 631 g/mol. The summed E-state index contributed by atoms with van der Waals surface area (Å²) in [4.78, 5) is 28.8. The molecule has 0 spiro atoms. The Bertz CT molecular complexity index is 1590. The number of anilines is 2. The van der Waals surface area contributed by atoms with E-state index in [0.29, 0.717) is 6.07 Å². The fraction of sp³-hybridized carbons (Fsp3) is 0.240. The summed E-state index contributed by atoms with van der Waals surface area (Å²) in [5, 5.41) is 14.4. The van der Waals surface area contributed by atoms with Crippen molar-refractivity contribution in [1.29, 1.82) is 0 Å². The first kappa shape index (κ1) is 30.5. The molecule has 0 saturated heterocycles. The molecule has 2 atom stereocenters. The van der Waals surface area contributed by atoms with E-state index in [9.17, 15) is 36.3 Å². The van der Waals surface area contributed by atoms with E-state index in [1.165, 1.54) is 24.4 Å². The average Bonchev–Trinajstić information content (AvgIpc) is 2.91. The summed E-state index contributed by atoms with van der Waals surface area (Å²) < 4.78 is 68.3. The van der Waals surface area contributed by atoms with E-state index in [1.54, 1.807) is 6.07 Å². The first-order valence-electron chi connectivity index (χ1n) is 11.8. The first-order valence-corrected chi connectivity index (χ1v) is 14.0.